The smallest absolute Gasteiger partial charge is 0.235 e. The van der Waals surface area contributed by atoms with E-state index in [1.807, 2.05) is 12.1 Å². The zero-order valence-corrected chi connectivity index (χ0v) is 30.1. The second-order valence-corrected chi connectivity index (χ2v) is 14.5. The summed E-state index contributed by atoms with van der Waals surface area (Å²) in [7, 11) is 0. The predicted octanol–water partition coefficient (Wildman–Crippen LogP) is 13.9. The van der Waals surface area contributed by atoms with E-state index in [2.05, 4.69) is 180 Å². The van der Waals surface area contributed by atoms with Crippen LogP contribution in [0.2, 0.25) is 0 Å². The van der Waals surface area contributed by atoms with Gasteiger partial charge < -0.3 is 4.42 Å². The molecule has 0 radical (unpaired) electrons. The minimum Gasteiger partial charge on any atom is -0.455 e. The highest BCUT2D eigenvalue weighted by Crippen LogP contribution is 2.44. The molecular formula is C52H31N3O. The fourth-order valence-electron chi connectivity index (χ4n) is 8.87. The van der Waals surface area contributed by atoms with Crippen molar-refractivity contribution < 1.29 is 4.42 Å². The summed E-state index contributed by atoms with van der Waals surface area (Å²) in [6.45, 7) is 0. The fourth-order valence-corrected chi connectivity index (χ4v) is 8.87. The maximum absolute atomic E-state index is 6.64. The van der Waals surface area contributed by atoms with Crippen LogP contribution in [0.3, 0.4) is 0 Å². The zero-order chi connectivity index (χ0) is 36.7. The number of aromatic nitrogens is 3. The SMILES string of the molecule is c1ccc2c(-c3ccc(-c4nc(-n5c6c(-c7cccc8c7oc7ccccc78)cccc6c6ccc7ccccc7c65)nc5ccccc45)cc3)cccc2c1. The number of hydrogen-bond donors (Lipinski definition) is 0. The molecule has 0 aliphatic carbocycles. The molecular weight excluding hydrogens is 683 g/mol. The highest BCUT2D eigenvalue weighted by molar-refractivity contribution is 6.22. The first-order valence-corrected chi connectivity index (χ1v) is 19.0. The molecule has 4 nitrogen and oxygen atoms in total. The van der Waals surface area contributed by atoms with E-state index in [-0.39, 0.29) is 0 Å². The largest absolute Gasteiger partial charge is 0.455 e. The van der Waals surface area contributed by atoms with Crippen molar-refractivity contribution in [3.8, 4) is 39.5 Å². The predicted molar refractivity (Wildman–Crippen MR) is 232 cm³/mol. The summed E-state index contributed by atoms with van der Waals surface area (Å²) in [5, 5.41) is 10.3. The van der Waals surface area contributed by atoms with Crippen molar-refractivity contribution in [1.29, 1.82) is 0 Å². The summed E-state index contributed by atoms with van der Waals surface area (Å²) < 4.78 is 8.93. The van der Waals surface area contributed by atoms with Crippen molar-refractivity contribution in [3.63, 3.8) is 0 Å². The van der Waals surface area contributed by atoms with Crippen LogP contribution in [0.25, 0.3) is 116 Å². The number of para-hydroxylation sites is 4. The lowest BCUT2D eigenvalue weighted by Gasteiger charge is -2.15. The molecule has 12 rings (SSSR count). The van der Waals surface area contributed by atoms with Gasteiger partial charge in [0.1, 0.15) is 11.2 Å². The van der Waals surface area contributed by atoms with Crippen LogP contribution < -0.4 is 0 Å². The average Bonchev–Trinajstić information content (AvgIpc) is 3.82. The molecule has 56 heavy (non-hydrogen) atoms. The van der Waals surface area contributed by atoms with E-state index in [4.69, 9.17) is 14.4 Å². The lowest BCUT2D eigenvalue weighted by atomic mass is 9.96. The van der Waals surface area contributed by atoms with Gasteiger partial charge in [0.15, 0.2) is 0 Å². The molecule has 0 saturated carbocycles. The Kier molecular flexibility index (Phi) is 6.60. The minimum atomic E-state index is 0.623. The molecule has 4 heteroatoms. The van der Waals surface area contributed by atoms with Crippen molar-refractivity contribution in [2.24, 2.45) is 0 Å². The second kappa shape index (κ2) is 12.0. The van der Waals surface area contributed by atoms with E-state index in [1.54, 1.807) is 0 Å². The van der Waals surface area contributed by atoms with E-state index in [0.29, 0.717) is 5.95 Å². The number of rotatable bonds is 4. The quantitative estimate of drug-likeness (QED) is 0.182. The van der Waals surface area contributed by atoms with Crippen LogP contribution in [0.5, 0.6) is 0 Å². The normalized spacial score (nSPS) is 11.9. The molecule has 0 N–H and O–H groups in total. The molecule has 3 heterocycles. The van der Waals surface area contributed by atoms with Crippen LogP contribution in [-0.2, 0) is 0 Å². The molecule has 0 spiro atoms. The summed E-state index contributed by atoms with van der Waals surface area (Å²) >= 11 is 0. The van der Waals surface area contributed by atoms with Gasteiger partial charge in [-0.15, -0.1) is 0 Å². The third-order valence-corrected chi connectivity index (χ3v) is 11.4. The Bertz CT molecular complexity index is 3530. The van der Waals surface area contributed by atoms with Gasteiger partial charge in [0.05, 0.1) is 22.2 Å². The van der Waals surface area contributed by atoms with Crippen LogP contribution in [0.1, 0.15) is 0 Å². The van der Waals surface area contributed by atoms with Crippen molar-refractivity contribution >= 4 is 76.2 Å². The van der Waals surface area contributed by atoms with Crippen LogP contribution in [0.4, 0.5) is 0 Å². The molecule has 0 saturated heterocycles. The Morgan fingerprint density at radius 2 is 0.946 bits per heavy atom. The van der Waals surface area contributed by atoms with Gasteiger partial charge in [0.25, 0.3) is 0 Å². The lowest BCUT2D eigenvalue weighted by molar-refractivity contribution is 0.670. The summed E-state index contributed by atoms with van der Waals surface area (Å²) in [4.78, 5) is 10.9. The Balaban J connectivity index is 1.15. The van der Waals surface area contributed by atoms with E-state index < -0.39 is 0 Å². The number of hydrogen-bond acceptors (Lipinski definition) is 3. The average molecular weight is 714 g/mol. The van der Waals surface area contributed by atoms with Crippen LogP contribution in [0, 0.1) is 0 Å². The first kappa shape index (κ1) is 30.9. The molecule has 0 bridgehead atoms. The van der Waals surface area contributed by atoms with E-state index >= 15 is 0 Å². The molecule has 0 fully saturated rings. The number of furan rings is 1. The zero-order valence-electron chi connectivity index (χ0n) is 30.1. The Labute approximate surface area is 321 Å². The molecule has 260 valence electrons. The molecule has 9 aromatic carbocycles. The van der Waals surface area contributed by atoms with E-state index in [0.717, 1.165) is 87.8 Å². The Hall–Kier alpha value is -7.56. The molecule has 3 aromatic heterocycles. The number of fused-ring (bicyclic) bond motifs is 10. The van der Waals surface area contributed by atoms with Gasteiger partial charge >= 0.3 is 0 Å². The van der Waals surface area contributed by atoms with Gasteiger partial charge in [-0.2, -0.15) is 0 Å². The van der Waals surface area contributed by atoms with Gasteiger partial charge in [-0.25, -0.2) is 9.97 Å². The lowest BCUT2D eigenvalue weighted by Crippen LogP contribution is -2.04. The van der Waals surface area contributed by atoms with Crippen LogP contribution in [0.15, 0.2) is 192 Å². The third kappa shape index (κ3) is 4.53. The molecule has 0 amide bonds. The van der Waals surface area contributed by atoms with Gasteiger partial charge in [-0.3, -0.25) is 4.57 Å². The van der Waals surface area contributed by atoms with Crippen LogP contribution >= 0.6 is 0 Å². The standard InChI is InChI=1S/C52H31N3O/c1-3-15-36-32(12-1)14-9-19-37(36)34-26-28-35(29-27-34)48-45-18-5-7-24-46(45)53-52(54-48)55-49-38-16-4-2-13-33(38)30-31-42(49)40-20-10-21-41(50(40)55)44-23-11-22-43-39-17-6-8-25-47(39)56-51(43)44/h1-31H. The number of benzene rings is 9. The van der Waals surface area contributed by atoms with Crippen molar-refractivity contribution in [1.82, 2.24) is 14.5 Å². The summed E-state index contributed by atoms with van der Waals surface area (Å²) in [6, 6.07) is 66.6. The molecule has 0 atom stereocenters. The molecule has 0 unspecified atom stereocenters. The van der Waals surface area contributed by atoms with Gasteiger partial charge in [0, 0.05) is 49.0 Å². The second-order valence-electron chi connectivity index (χ2n) is 14.5. The Morgan fingerprint density at radius 1 is 0.357 bits per heavy atom. The molecule has 0 aliphatic heterocycles. The monoisotopic (exact) mass is 713 g/mol. The fraction of sp³-hybridized carbons (Fsp3) is 0. The van der Waals surface area contributed by atoms with E-state index in [1.165, 1.54) is 21.9 Å². The number of nitrogens with zero attached hydrogens (tertiary/aromatic N) is 3. The summed E-state index contributed by atoms with van der Waals surface area (Å²) in [5.41, 5.74) is 11.2. The van der Waals surface area contributed by atoms with Crippen molar-refractivity contribution in [3.05, 3.63) is 188 Å². The van der Waals surface area contributed by atoms with Gasteiger partial charge in [0.2, 0.25) is 5.95 Å². The first-order chi connectivity index (χ1) is 27.8. The molecule has 12 aromatic rings. The highest BCUT2D eigenvalue weighted by Gasteiger charge is 2.23. The third-order valence-electron chi connectivity index (χ3n) is 11.4. The van der Waals surface area contributed by atoms with Crippen LogP contribution in [-0.4, -0.2) is 14.5 Å². The van der Waals surface area contributed by atoms with Crippen molar-refractivity contribution in [2.45, 2.75) is 0 Å². The first-order valence-electron chi connectivity index (χ1n) is 19.0. The van der Waals surface area contributed by atoms with Gasteiger partial charge in [-0.05, 0) is 39.4 Å². The Morgan fingerprint density at radius 3 is 1.80 bits per heavy atom. The minimum absolute atomic E-state index is 0.623. The molecule has 0 aliphatic rings. The van der Waals surface area contributed by atoms with E-state index in [9.17, 15) is 0 Å². The van der Waals surface area contributed by atoms with Crippen molar-refractivity contribution in [2.75, 3.05) is 0 Å². The summed E-state index contributed by atoms with van der Waals surface area (Å²) in [6.07, 6.45) is 0. The highest BCUT2D eigenvalue weighted by atomic mass is 16.3. The summed E-state index contributed by atoms with van der Waals surface area (Å²) in [5.74, 6) is 0.623. The maximum atomic E-state index is 6.64. The van der Waals surface area contributed by atoms with Gasteiger partial charge in [-0.1, -0.05) is 176 Å². The topological polar surface area (TPSA) is 43.9 Å². The maximum Gasteiger partial charge on any atom is 0.235 e.